The molecule has 0 aliphatic rings. The molecule has 5 nitrogen and oxygen atoms in total. The van der Waals surface area contributed by atoms with Gasteiger partial charge >= 0.3 is 0 Å². The van der Waals surface area contributed by atoms with Crippen LogP contribution in [0.5, 0.6) is 5.75 Å². The Labute approximate surface area is 149 Å². The van der Waals surface area contributed by atoms with E-state index >= 15 is 0 Å². The third-order valence-electron chi connectivity index (χ3n) is 3.31. The zero-order valence-corrected chi connectivity index (χ0v) is 15.2. The van der Waals surface area contributed by atoms with Crippen LogP contribution in [0.4, 0.5) is 5.69 Å². The van der Waals surface area contributed by atoms with Gasteiger partial charge in [0.05, 0.1) is 12.2 Å². The molecule has 0 bridgehead atoms. The number of nitrogens with one attached hydrogen (secondary N) is 1. The molecule has 0 fully saturated rings. The number of hydrogen-bond donors (Lipinski definition) is 1. The first-order valence-corrected chi connectivity index (χ1v) is 8.23. The lowest BCUT2D eigenvalue weighted by molar-refractivity contribution is -0.135. The van der Waals surface area contributed by atoms with Crippen molar-refractivity contribution in [1.82, 2.24) is 4.90 Å². The van der Waals surface area contributed by atoms with Crippen LogP contribution < -0.4 is 10.1 Å². The molecule has 24 heavy (non-hydrogen) atoms. The van der Waals surface area contributed by atoms with E-state index in [1.54, 1.807) is 19.2 Å². The number of likely N-dealkylation sites (N-methyl/N-ethyl adjacent to an activating group) is 1. The Morgan fingerprint density at radius 1 is 1.17 bits per heavy atom. The van der Waals surface area contributed by atoms with E-state index in [4.69, 9.17) is 4.74 Å². The number of rotatable bonds is 6. The van der Waals surface area contributed by atoms with E-state index in [1.807, 2.05) is 43.3 Å². The summed E-state index contributed by atoms with van der Waals surface area (Å²) in [5, 5.41) is 2.76. The average Bonchev–Trinajstić information content (AvgIpc) is 2.54. The Morgan fingerprint density at radius 3 is 2.62 bits per heavy atom. The molecule has 2 rings (SSSR count). The minimum Gasteiger partial charge on any atom is -0.484 e. The highest BCUT2D eigenvalue weighted by molar-refractivity contribution is 9.10. The van der Waals surface area contributed by atoms with Crippen LogP contribution in [-0.2, 0) is 9.59 Å². The molecule has 126 valence electrons. The Kier molecular flexibility index (Phi) is 6.37. The summed E-state index contributed by atoms with van der Waals surface area (Å²) in [6, 6.07) is 14.8. The van der Waals surface area contributed by atoms with E-state index in [1.165, 1.54) is 4.90 Å². The van der Waals surface area contributed by atoms with Crippen LogP contribution in [0.1, 0.15) is 5.56 Å². The highest BCUT2D eigenvalue weighted by Crippen LogP contribution is 2.21. The second-order valence-corrected chi connectivity index (χ2v) is 6.24. The van der Waals surface area contributed by atoms with Crippen LogP contribution >= 0.6 is 15.9 Å². The molecular weight excluding hydrogens is 372 g/mol. The Bertz CT molecular complexity index is 734. The lowest BCUT2D eigenvalue weighted by atomic mass is 10.2. The van der Waals surface area contributed by atoms with Gasteiger partial charge in [-0.15, -0.1) is 0 Å². The van der Waals surface area contributed by atoms with Crippen molar-refractivity contribution in [2.45, 2.75) is 6.92 Å². The number of benzene rings is 2. The van der Waals surface area contributed by atoms with E-state index < -0.39 is 0 Å². The summed E-state index contributed by atoms with van der Waals surface area (Å²) in [6.07, 6.45) is 0. The summed E-state index contributed by atoms with van der Waals surface area (Å²) in [5.41, 5.74) is 1.72. The molecule has 1 N–H and O–H groups in total. The molecule has 0 unspecified atom stereocenters. The molecule has 0 saturated heterocycles. The number of hydrogen-bond acceptors (Lipinski definition) is 3. The Hall–Kier alpha value is -2.34. The first-order chi connectivity index (χ1) is 11.5. The minimum absolute atomic E-state index is 0.0443. The monoisotopic (exact) mass is 390 g/mol. The molecule has 6 heteroatoms. The highest BCUT2D eigenvalue weighted by Gasteiger charge is 2.14. The molecular formula is C18H19BrN2O3. The number of aryl methyl sites for hydroxylation is 1. The van der Waals surface area contributed by atoms with Gasteiger partial charge in [-0.3, -0.25) is 9.59 Å². The molecule has 0 atom stereocenters. The molecule has 0 spiro atoms. The number of amides is 2. The Balaban J connectivity index is 1.82. The van der Waals surface area contributed by atoms with Crippen molar-refractivity contribution in [2.75, 3.05) is 25.5 Å². The van der Waals surface area contributed by atoms with Crippen molar-refractivity contribution in [1.29, 1.82) is 0 Å². The predicted octanol–water partition coefficient (Wildman–Crippen LogP) is 3.23. The van der Waals surface area contributed by atoms with Crippen molar-refractivity contribution in [2.24, 2.45) is 0 Å². The number of carbonyl (C=O) groups excluding carboxylic acids is 2. The molecule has 0 aliphatic carbocycles. The molecule has 0 radical (unpaired) electrons. The van der Waals surface area contributed by atoms with E-state index in [-0.39, 0.29) is 25.0 Å². The lowest BCUT2D eigenvalue weighted by Crippen LogP contribution is -2.37. The summed E-state index contributed by atoms with van der Waals surface area (Å²) < 4.78 is 6.25. The molecule has 0 aliphatic heterocycles. The van der Waals surface area contributed by atoms with E-state index in [0.29, 0.717) is 11.4 Å². The molecule has 2 amide bonds. The second kappa shape index (κ2) is 8.49. The normalized spacial score (nSPS) is 10.1. The van der Waals surface area contributed by atoms with Crippen LogP contribution in [0.3, 0.4) is 0 Å². The van der Waals surface area contributed by atoms with E-state index in [0.717, 1.165) is 10.0 Å². The van der Waals surface area contributed by atoms with Crippen LogP contribution in [-0.4, -0.2) is 36.9 Å². The maximum Gasteiger partial charge on any atom is 0.260 e. The summed E-state index contributed by atoms with van der Waals surface area (Å²) >= 11 is 3.36. The number of nitrogens with zero attached hydrogens (tertiary/aromatic N) is 1. The standard InChI is InChI=1S/C18H19BrN2O3/c1-13-6-5-7-14(10-13)24-12-18(23)21(2)11-17(22)20-16-9-4-3-8-15(16)19/h3-10H,11-12H2,1-2H3,(H,20,22). The van der Waals surface area contributed by atoms with Crippen LogP contribution in [0.2, 0.25) is 0 Å². The van der Waals surface area contributed by atoms with Gasteiger partial charge in [-0.05, 0) is 52.7 Å². The van der Waals surface area contributed by atoms with Gasteiger partial charge in [-0.25, -0.2) is 0 Å². The topological polar surface area (TPSA) is 58.6 Å². The second-order valence-electron chi connectivity index (χ2n) is 5.38. The molecule has 2 aromatic rings. The van der Waals surface area contributed by atoms with Crippen molar-refractivity contribution in [3.63, 3.8) is 0 Å². The highest BCUT2D eigenvalue weighted by atomic mass is 79.9. The number of carbonyl (C=O) groups is 2. The maximum atomic E-state index is 12.1. The average molecular weight is 391 g/mol. The zero-order valence-electron chi connectivity index (χ0n) is 13.6. The van der Waals surface area contributed by atoms with Gasteiger partial charge in [0.2, 0.25) is 5.91 Å². The number of ether oxygens (including phenoxy) is 1. The van der Waals surface area contributed by atoms with Crippen molar-refractivity contribution in [3.8, 4) is 5.75 Å². The van der Waals surface area contributed by atoms with Gasteiger partial charge in [0, 0.05) is 11.5 Å². The zero-order chi connectivity index (χ0) is 17.5. The molecule has 0 saturated carbocycles. The van der Waals surface area contributed by atoms with Gasteiger partial charge in [0.1, 0.15) is 5.75 Å². The predicted molar refractivity (Wildman–Crippen MR) is 97.1 cm³/mol. The van der Waals surface area contributed by atoms with Gasteiger partial charge in [0.15, 0.2) is 6.61 Å². The molecule has 2 aromatic carbocycles. The third-order valence-corrected chi connectivity index (χ3v) is 4.00. The van der Waals surface area contributed by atoms with Crippen LogP contribution in [0.25, 0.3) is 0 Å². The molecule has 0 aromatic heterocycles. The first-order valence-electron chi connectivity index (χ1n) is 7.43. The van der Waals surface area contributed by atoms with Crippen molar-refractivity contribution < 1.29 is 14.3 Å². The van der Waals surface area contributed by atoms with Gasteiger partial charge in [0.25, 0.3) is 5.91 Å². The van der Waals surface area contributed by atoms with Crippen LogP contribution in [0, 0.1) is 6.92 Å². The fraction of sp³-hybridized carbons (Fsp3) is 0.222. The van der Waals surface area contributed by atoms with Crippen LogP contribution in [0.15, 0.2) is 53.0 Å². The first kappa shape index (κ1) is 18.0. The largest absolute Gasteiger partial charge is 0.484 e. The number of halogens is 1. The SMILES string of the molecule is Cc1cccc(OCC(=O)N(C)CC(=O)Nc2ccccc2Br)c1. The quantitative estimate of drug-likeness (QED) is 0.823. The van der Waals surface area contributed by atoms with Gasteiger partial charge in [-0.1, -0.05) is 24.3 Å². The molecule has 0 heterocycles. The Morgan fingerprint density at radius 2 is 1.92 bits per heavy atom. The smallest absolute Gasteiger partial charge is 0.260 e. The van der Waals surface area contributed by atoms with Crippen molar-refractivity contribution >= 4 is 33.4 Å². The summed E-state index contributed by atoms with van der Waals surface area (Å²) in [5.74, 6) is 0.0986. The summed E-state index contributed by atoms with van der Waals surface area (Å²) in [4.78, 5) is 25.4. The van der Waals surface area contributed by atoms with E-state index in [2.05, 4.69) is 21.2 Å². The lowest BCUT2D eigenvalue weighted by Gasteiger charge is -2.17. The summed E-state index contributed by atoms with van der Waals surface area (Å²) in [6.45, 7) is 1.80. The maximum absolute atomic E-state index is 12.1. The van der Waals surface area contributed by atoms with Gasteiger partial charge in [-0.2, -0.15) is 0 Å². The number of para-hydroxylation sites is 1. The van der Waals surface area contributed by atoms with Crippen molar-refractivity contribution in [3.05, 3.63) is 58.6 Å². The third kappa shape index (κ3) is 5.38. The fourth-order valence-corrected chi connectivity index (χ4v) is 2.40. The minimum atomic E-state index is -0.270. The number of anilines is 1. The van der Waals surface area contributed by atoms with Gasteiger partial charge < -0.3 is 15.0 Å². The van der Waals surface area contributed by atoms with E-state index in [9.17, 15) is 9.59 Å². The fourth-order valence-electron chi connectivity index (χ4n) is 2.02. The summed E-state index contributed by atoms with van der Waals surface area (Å²) in [7, 11) is 1.57.